The van der Waals surface area contributed by atoms with Crippen LogP contribution in [0.15, 0.2) is 42.1 Å². The number of rotatable bonds is 7. The Bertz CT molecular complexity index is 573. The minimum Gasteiger partial charge on any atom is -0.477 e. The smallest absolute Gasteiger partial charge is 0.412 e. The van der Waals surface area contributed by atoms with Crippen LogP contribution in [0.3, 0.4) is 0 Å². The number of aliphatic carboxylic acids is 1. The van der Waals surface area contributed by atoms with E-state index >= 15 is 0 Å². The van der Waals surface area contributed by atoms with Gasteiger partial charge in [0.15, 0.2) is 0 Å². The fourth-order valence-electron chi connectivity index (χ4n) is 2.51. The van der Waals surface area contributed by atoms with E-state index in [1.807, 2.05) is 30.3 Å². The van der Waals surface area contributed by atoms with Crippen LogP contribution in [-0.2, 0) is 16.1 Å². The van der Waals surface area contributed by atoms with Crippen molar-refractivity contribution in [1.29, 1.82) is 0 Å². The van der Waals surface area contributed by atoms with Crippen molar-refractivity contribution in [3.63, 3.8) is 0 Å². The Balaban J connectivity index is 2.54. The quantitative estimate of drug-likeness (QED) is 0.728. The van der Waals surface area contributed by atoms with Crippen LogP contribution in [-0.4, -0.2) is 17.2 Å². The van der Waals surface area contributed by atoms with E-state index in [0.29, 0.717) is 12.3 Å². The molecule has 0 aromatic heterocycles. The fraction of sp³-hybridized carbons (Fsp3) is 0.474. The lowest BCUT2D eigenvalue weighted by atomic mass is 9.84. The minimum atomic E-state index is -1.17. The lowest BCUT2D eigenvalue weighted by Crippen LogP contribution is -2.28. The Morgan fingerprint density at radius 3 is 2.42 bits per heavy atom. The largest absolute Gasteiger partial charge is 0.477 e. The van der Waals surface area contributed by atoms with E-state index in [1.165, 1.54) is 0 Å². The summed E-state index contributed by atoms with van der Waals surface area (Å²) in [6.07, 6.45) is 2.32. The molecule has 1 amide bonds. The van der Waals surface area contributed by atoms with E-state index < -0.39 is 12.1 Å². The van der Waals surface area contributed by atoms with Crippen molar-refractivity contribution in [3.8, 4) is 0 Å². The van der Waals surface area contributed by atoms with Crippen molar-refractivity contribution in [1.82, 2.24) is 5.32 Å². The summed E-state index contributed by atoms with van der Waals surface area (Å²) in [4.78, 5) is 23.0. The summed E-state index contributed by atoms with van der Waals surface area (Å²) < 4.78 is 5.04. The highest BCUT2D eigenvalue weighted by molar-refractivity contribution is 5.90. The molecule has 132 valence electrons. The molecule has 5 heteroatoms. The van der Waals surface area contributed by atoms with Gasteiger partial charge in [-0.05, 0) is 29.7 Å². The van der Waals surface area contributed by atoms with Crippen molar-refractivity contribution in [2.24, 2.45) is 11.3 Å². The summed E-state index contributed by atoms with van der Waals surface area (Å²) >= 11 is 0. The number of carbonyl (C=O) groups excluding carboxylic acids is 1. The Morgan fingerprint density at radius 1 is 1.25 bits per heavy atom. The van der Waals surface area contributed by atoms with Gasteiger partial charge in [0.05, 0.1) is 0 Å². The first kappa shape index (κ1) is 19.7. The molecular formula is C19H27NO4. The maximum Gasteiger partial charge on any atom is 0.412 e. The number of hydrogen-bond acceptors (Lipinski definition) is 3. The average Bonchev–Trinajstić information content (AvgIpc) is 2.48. The molecule has 1 aromatic carbocycles. The van der Waals surface area contributed by atoms with Gasteiger partial charge >= 0.3 is 12.1 Å². The molecule has 1 rings (SSSR count). The highest BCUT2D eigenvalue weighted by atomic mass is 16.5. The van der Waals surface area contributed by atoms with Gasteiger partial charge in [-0.1, -0.05) is 64.1 Å². The van der Waals surface area contributed by atoms with Gasteiger partial charge in [0, 0.05) is 0 Å². The Labute approximate surface area is 143 Å². The van der Waals surface area contributed by atoms with Crippen LogP contribution >= 0.6 is 0 Å². The Kier molecular flexibility index (Phi) is 7.49. The van der Waals surface area contributed by atoms with Crippen molar-refractivity contribution in [3.05, 3.63) is 47.7 Å². The monoisotopic (exact) mass is 333 g/mol. The fourth-order valence-corrected chi connectivity index (χ4v) is 2.51. The zero-order valence-electron chi connectivity index (χ0n) is 14.8. The number of ether oxygens (including phenoxy) is 1. The highest BCUT2D eigenvalue weighted by Gasteiger charge is 2.17. The van der Waals surface area contributed by atoms with Crippen LogP contribution in [0, 0.1) is 11.3 Å². The zero-order valence-corrected chi connectivity index (χ0v) is 14.8. The molecule has 0 radical (unpaired) electrons. The molecule has 1 unspecified atom stereocenters. The molecule has 0 bridgehead atoms. The molecule has 0 aliphatic rings. The molecule has 0 saturated heterocycles. The van der Waals surface area contributed by atoms with Crippen LogP contribution in [0.1, 0.15) is 46.1 Å². The number of hydrogen-bond donors (Lipinski definition) is 2. The SMILES string of the molecule is CC(CC=C(NC(=O)OCc1ccccc1)C(=O)O)CC(C)(C)C. The molecule has 0 fully saturated rings. The normalized spacial score (nSPS) is 13.2. The number of amides is 1. The first-order valence-electron chi connectivity index (χ1n) is 8.08. The molecule has 1 aromatic rings. The molecule has 0 aliphatic heterocycles. The lowest BCUT2D eigenvalue weighted by Gasteiger charge is -2.22. The molecule has 0 aliphatic carbocycles. The van der Waals surface area contributed by atoms with Gasteiger partial charge in [-0.3, -0.25) is 5.32 Å². The van der Waals surface area contributed by atoms with Crippen LogP contribution < -0.4 is 5.32 Å². The number of carbonyl (C=O) groups is 2. The van der Waals surface area contributed by atoms with Crippen molar-refractivity contribution < 1.29 is 19.4 Å². The second-order valence-corrected chi connectivity index (χ2v) is 7.22. The van der Waals surface area contributed by atoms with Crippen LogP contribution in [0.4, 0.5) is 4.79 Å². The summed E-state index contributed by atoms with van der Waals surface area (Å²) in [5.41, 5.74) is 0.875. The van der Waals surface area contributed by atoms with Gasteiger partial charge < -0.3 is 9.84 Å². The maximum absolute atomic E-state index is 11.8. The summed E-state index contributed by atoms with van der Waals surface area (Å²) in [5.74, 6) is -0.851. The van der Waals surface area contributed by atoms with Crippen LogP contribution in [0.5, 0.6) is 0 Å². The number of nitrogens with one attached hydrogen (secondary N) is 1. The van der Waals surface area contributed by atoms with Gasteiger partial charge in [0.1, 0.15) is 12.3 Å². The predicted molar refractivity (Wildman–Crippen MR) is 93.3 cm³/mol. The first-order chi connectivity index (χ1) is 11.2. The molecular weight excluding hydrogens is 306 g/mol. The number of benzene rings is 1. The predicted octanol–water partition coefficient (Wildman–Crippen LogP) is 4.34. The lowest BCUT2D eigenvalue weighted by molar-refractivity contribution is -0.133. The van der Waals surface area contributed by atoms with Crippen molar-refractivity contribution in [2.45, 2.75) is 47.1 Å². The Morgan fingerprint density at radius 2 is 1.88 bits per heavy atom. The topological polar surface area (TPSA) is 75.6 Å². The van der Waals surface area contributed by atoms with Crippen LogP contribution in [0.25, 0.3) is 0 Å². The third-order valence-electron chi connectivity index (χ3n) is 3.37. The van der Waals surface area contributed by atoms with E-state index in [9.17, 15) is 14.7 Å². The van der Waals surface area contributed by atoms with E-state index in [0.717, 1.165) is 12.0 Å². The standard InChI is InChI=1S/C19H27NO4/c1-14(12-19(2,3)4)10-11-16(17(21)22)20-18(23)24-13-15-8-6-5-7-9-15/h5-9,11,14H,10,12-13H2,1-4H3,(H,20,23)(H,21,22). The van der Waals surface area contributed by atoms with Gasteiger partial charge in [-0.25, -0.2) is 9.59 Å². The number of carboxylic acid groups (broad SMARTS) is 1. The van der Waals surface area contributed by atoms with Gasteiger partial charge in [-0.2, -0.15) is 0 Å². The van der Waals surface area contributed by atoms with E-state index in [2.05, 4.69) is 33.0 Å². The zero-order chi connectivity index (χ0) is 18.2. The average molecular weight is 333 g/mol. The number of carboxylic acids is 1. The van der Waals surface area contributed by atoms with Crippen molar-refractivity contribution >= 4 is 12.1 Å². The van der Waals surface area contributed by atoms with Crippen LogP contribution in [0.2, 0.25) is 0 Å². The molecule has 0 saturated carbocycles. The third-order valence-corrected chi connectivity index (χ3v) is 3.37. The molecule has 1 atom stereocenters. The number of alkyl carbamates (subject to hydrolysis) is 1. The van der Waals surface area contributed by atoms with Gasteiger partial charge in [0.25, 0.3) is 0 Å². The number of allylic oxidation sites excluding steroid dienone is 1. The summed E-state index contributed by atoms with van der Waals surface area (Å²) in [7, 11) is 0. The maximum atomic E-state index is 11.8. The van der Waals surface area contributed by atoms with Gasteiger partial charge in [-0.15, -0.1) is 0 Å². The second-order valence-electron chi connectivity index (χ2n) is 7.22. The summed E-state index contributed by atoms with van der Waals surface area (Å²) in [6, 6.07) is 9.21. The van der Waals surface area contributed by atoms with E-state index in [1.54, 1.807) is 6.08 Å². The van der Waals surface area contributed by atoms with Crippen molar-refractivity contribution in [2.75, 3.05) is 0 Å². The molecule has 5 nitrogen and oxygen atoms in total. The molecule has 0 heterocycles. The van der Waals surface area contributed by atoms with E-state index in [4.69, 9.17) is 4.74 Å². The highest BCUT2D eigenvalue weighted by Crippen LogP contribution is 2.26. The minimum absolute atomic E-state index is 0.0972. The molecule has 2 N–H and O–H groups in total. The molecule has 24 heavy (non-hydrogen) atoms. The summed E-state index contributed by atoms with van der Waals surface area (Å²) in [6.45, 7) is 8.59. The van der Waals surface area contributed by atoms with Gasteiger partial charge in [0.2, 0.25) is 0 Å². The second kappa shape index (κ2) is 9.11. The third kappa shape index (κ3) is 8.36. The first-order valence-corrected chi connectivity index (χ1v) is 8.08. The Hall–Kier alpha value is -2.30. The van der Waals surface area contributed by atoms with E-state index in [-0.39, 0.29) is 17.7 Å². The summed E-state index contributed by atoms with van der Waals surface area (Å²) in [5, 5.41) is 11.5. The molecule has 0 spiro atoms.